The van der Waals surface area contributed by atoms with E-state index in [0.29, 0.717) is 6.67 Å². The van der Waals surface area contributed by atoms with Crippen LogP contribution in [0.25, 0.3) is 44.6 Å². The first-order chi connectivity index (χ1) is 30.9. The Balaban J connectivity index is 1.17. The molecule has 0 unspecified atom stereocenters. The number of para-hydroxylation sites is 2. The molecular weight excluding hydrogens is 769 g/mol. The number of nitrogens with zero attached hydrogens (tertiary/aromatic N) is 6. The molecule has 1 aliphatic heterocycles. The number of pyridine rings is 2. The number of aromatic nitrogens is 4. The lowest BCUT2D eigenvalue weighted by Crippen LogP contribution is -2.24. The van der Waals surface area contributed by atoms with Crippen molar-refractivity contribution in [2.24, 2.45) is 0 Å². The highest BCUT2D eigenvalue weighted by atomic mass is 15.4. The van der Waals surface area contributed by atoms with Crippen LogP contribution in [-0.2, 0) is 5.41 Å². The summed E-state index contributed by atoms with van der Waals surface area (Å²) in [7, 11) is 0. The van der Waals surface area contributed by atoms with Crippen molar-refractivity contribution in [3.05, 3.63) is 241 Å². The van der Waals surface area contributed by atoms with Crippen molar-refractivity contribution in [1.82, 2.24) is 19.1 Å². The molecule has 6 heteroatoms. The van der Waals surface area contributed by atoms with Gasteiger partial charge in [-0.25, -0.2) is 9.97 Å². The quantitative estimate of drug-likeness (QED) is 0.143. The molecule has 304 valence electrons. The molecule has 0 radical (unpaired) electrons. The Morgan fingerprint density at radius 3 is 1.79 bits per heavy atom. The topological polar surface area (TPSA) is 42.1 Å². The lowest BCUT2D eigenvalue weighted by atomic mass is 9.85. The van der Waals surface area contributed by atoms with Crippen LogP contribution in [0.15, 0.2) is 213 Å². The molecule has 6 nitrogen and oxygen atoms in total. The average Bonchev–Trinajstić information content (AvgIpc) is 4.03. The van der Waals surface area contributed by atoms with Crippen molar-refractivity contribution < 1.29 is 0 Å². The van der Waals surface area contributed by atoms with Gasteiger partial charge in [0.1, 0.15) is 12.5 Å². The Hall–Kier alpha value is -7.96. The van der Waals surface area contributed by atoms with E-state index in [1.165, 1.54) is 5.56 Å². The summed E-state index contributed by atoms with van der Waals surface area (Å²) < 4.78 is 4.66. The van der Waals surface area contributed by atoms with Crippen LogP contribution in [0, 0.1) is 0 Å². The van der Waals surface area contributed by atoms with Gasteiger partial charge >= 0.3 is 0 Å². The molecule has 0 saturated heterocycles. The Morgan fingerprint density at radius 2 is 1.10 bits per heavy atom. The van der Waals surface area contributed by atoms with Crippen LogP contribution in [0.3, 0.4) is 0 Å². The summed E-state index contributed by atoms with van der Waals surface area (Å²) in [5.41, 5.74) is 15.7. The van der Waals surface area contributed by atoms with Crippen molar-refractivity contribution in [3.63, 3.8) is 0 Å². The molecule has 0 bridgehead atoms. The largest absolute Gasteiger partial charge is 0.320 e. The molecule has 6 aromatic carbocycles. The van der Waals surface area contributed by atoms with Crippen molar-refractivity contribution >= 4 is 56.0 Å². The molecule has 4 aromatic heterocycles. The molecule has 0 aliphatic carbocycles. The fourth-order valence-electron chi connectivity index (χ4n) is 9.20. The molecule has 11 rings (SSSR count). The molecule has 0 saturated carbocycles. The third kappa shape index (κ3) is 6.77. The Kier molecular flexibility index (Phi) is 9.35. The molecule has 5 heterocycles. The van der Waals surface area contributed by atoms with Crippen LogP contribution in [0.5, 0.6) is 0 Å². The van der Waals surface area contributed by atoms with Gasteiger partial charge < -0.3 is 14.4 Å². The lowest BCUT2D eigenvalue weighted by molar-refractivity contribution is 0.588. The summed E-state index contributed by atoms with van der Waals surface area (Å²) in [6, 6.07) is 69.6. The van der Waals surface area contributed by atoms with E-state index in [0.717, 1.165) is 89.7 Å². The van der Waals surface area contributed by atoms with E-state index in [9.17, 15) is 0 Å². The van der Waals surface area contributed by atoms with E-state index < -0.39 is 0 Å². The zero-order valence-corrected chi connectivity index (χ0v) is 35.6. The smallest absolute Gasteiger partial charge is 0.158 e. The van der Waals surface area contributed by atoms with Gasteiger partial charge in [-0.1, -0.05) is 142 Å². The monoisotopic (exact) mass is 814 g/mol. The highest BCUT2D eigenvalue weighted by Gasteiger charge is 2.30. The van der Waals surface area contributed by atoms with Gasteiger partial charge in [0.25, 0.3) is 0 Å². The van der Waals surface area contributed by atoms with Crippen LogP contribution < -0.4 is 9.80 Å². The van der Waals surface area contributed by atoms with E-state index in [4.69, 9.17) is 9.97 Å². The molecule has 0 amide bonds. The Bertz CT molecular complexity index is 3240. The summed E-state index contributed by atoms with van der Waals surface area (Å²) in [5, 5.41) is 1.15. The summed E-state index contributed by atoms with van der Waals surface area (Å²) in [6.07, 6.45) is 6.03. The van der Waals surface area contributed by atoms with Gasteiger partial charge in [0.2, 0.25) is 0 Å². The number of hydrogen-bond donors (Lipinski definition) is 0. The molecule has 0 fully saturated rings. The van der Waals surface area contributed by atoms with Gasteiger partial charge in [-0.2, -0.15) is 0 Å². The maximum absolute atomic E-state index is 5.07. The zero-order chi connectivity index (χ0) is 42.5. The standard InChI is InChI=1S/C57H46N6/c1-57(2,3)44-31-34-58-52(38-44)63-49-32-35-60(45-23-12-6-13-24-45)55(49)48-30-29-43(37-51(48)63)54(53(40-18-8-4-9-19-40)41-20-10-5-11-21-41)42-22-16-27-47(36-42)62-39-61(46-25-14-7-15-26-46)50-28-17-33-59-56(50)62/h4-38H,39H2,1-3H3. The number of hydrogen-bond acceptors (Lipinski definition) is 4. The maximum Gasteiger partial charge on any atom is 0.158 e. The predicted octanol–water partition coefficient (Wildman–Crippen LogP) is 13.9. The third-order valence-electron chi connectivity index (χ3n) is 12.2. The second kappa shape index (κ2) is 15.5. The second-order valence-electron chi connectivity index (χ2n) is 17.2. The highest BCUT2D eigenvalue weighted by molar-refractivity contribution is 6.11. The summed E-state index contributed by atoms with van der Waals surface area (Å²) in [6.45, 7) is 7.42. The van der Waals surface area contributed by atoms with Crippen molar-refractivity contribution in [2.45, 2.75) is 26.2 Å². The summed E-state index contributed by atoms with van der Waals surface area (Å²) in [5.74, 6) is 1.83. The zero-order valence-electron chi connectivity index (χ0n) is 35.6. The first kappa shape index (κ1) is 38.0. The normalized spacial score (nSPS) is 12.6. The van der Waals surface area contributed by atoms with Gasteiger partial charge in [-0.15, -0.1) is 0 Å². The molecular formula is C57H46N6. The van der Waals surface area contributed by atoms with Gasteiger partial charge in [0.15, 0.2) is 5.82 Å². The van der Waals surface area contributed by atoms with Gasteiger partial charge in [-0.3, -0.25) is 4.57 Å². The van der Waals surface area contributed by atoms with E-state index in [1.54, 1.807) is 0 Å². The van der Waals surface area contributed by atoms with Crippen LogP contribution >= 0.6 is 0 Å². The van der Waals surface area contributed by atoms with E-state index in [1.807, 2.05) is 18.5 Å². The first-order valence-corrected chi connectivity index (χ1v) is 21.6. The molecule has 0 spiro atoms. The van der Waals surface area contributed by atoms with Crippen LogP contribution in [-0.4, -0.2) is 25.8 Å². The van der Waals surface area contributed by atoms with E-state index in [2.05, 4.69) is 234 Å². The van der Waals surface area contributed by atoms with Crippen LogP contribution in [0.1, 0.15) is 48.6 Å². The minimum atomic E-state index is -0.0500. The maximum atomic E-state index is 5.07. The number of anilines is 4. The van der Waals surface area contributed by atoms with Crippen LogP contribution in [0.4, 0.5) is 22.9 Å². The lowest BCUT2D eigenvalue weighted by Gasteiger charge is -2.23. The second-order valence-corrected chi connectivity index (χ2v) is 17.2. The Labute approximate surface area is 368 Å². The molecule has 10 aromatic rings. The van der Waals surface area contributed by atoms with Crippen molar-refractivity contribution in [1.29, 1.82) is 0 Å². The van der Waals surface area contributed by atoms with Crippen molar-refractivity contribution in [3.8, 4) is 11.5 Å². The molecule has 63 heavy (non-hydrogen) atoms. The summed E-state index contributed by atoms with van der Waals surface area (Å²) >= 11 is 0. The Morgan fingerprint density at radius 1 is 0.476 bits per heavy atom. The fourth-order valence-corrected chi connectivity index (χ4v) is 9.20. The predicted molar refractivity (Wildman–Crippen MR) is 261 cm³/mol. The minimum absolute atomic E-state index is 0.0500. The van der Waals surface area contributed by atoms with Gasteiger partial charge in [-0.05, 0) is 117 Å². The number of benzene rings is 6. The number of rotatable bonds is 8. The molecule has 1 aliphatic rings. The summed E-state index contributed by atoms with van der Waals surface area (Å²) in [4.78, 5) is 14.7. The first-order valence-electron chi connectivity index (χ1n) is 21.6. The van der Waals surface area contributed by atoms with Crippen molar-refractivity contribution in [2.75, 3.05) is 16.5 Å². The average molecular weight is 815 g/mol. The third-order valence-corrected chi connectivity index (χ3v) is 12.2. The molecule has 0 atom stereocenters. The minimum Gasteiger partial charge on any atom is -0.320 e. The number of fused-ring (bicyclic) bond motifs is 4. The van der Waals surface area contributed by atoms with Gasteiger partial charge in [0.05, 0.1) is 22.2 Å². The fraction of sp³-hybridized carbons (Fsp3) is 0.0877. The van der Waals surface area contributed by atoms with Gasteiger partial charge in [0, 0.05) is 41.0 Å². The van der Waals surface area contributed by atoms with E-state index in [-0.39, 0.29) is 5.41 Å². The SMILES string of the molecule is CC(C)(C)c1ccnc(-n2c3cc(C(=C(c4ccccc4)c4ccccc4)c4cccc(N5CN(c6ccccc6)c6cccnc65)c4)ccc3c3c2ccn3-c2ccccc2)c1. The highest BCUT2D eigenvalue weighted by Crippen LogP contribution is 2.45. The van der Waals surface area contributed by atoms with Crippen LogP contribution in [0.2, 0.25) is 0 Å². The van der Waals surface area contributed by atoms with E-state index >= 15 is 0 Å². The molecule has 0 N–H and O–H groups in total.